The number of carbonyl (C=O) groups is 1. The van der Waals surface area contributed by atoms with Crippen LogP contribution in [0.1, 0.15) is 25.3 Å². The lowest BCUT2D eigenvalue weighted by molar-refractivity contribution is -0.119. The molecule has 0 unspecified atom stereocenters. The monoisotopic (exact) mass is 244 g/mol. The zero-order valence-electron chi connectivity index (χ0n) is 10.9. The number of fused-ring (bicyclic) bond motifs is 1. The first-order valence-electron chi connectivity index (χ1n) is 6.86. The van der Waals surface area contributed by atoms with Gasteiger partial charge in [-0.3, -0.25) is 4.79 Å². The van der Waals surface area contributed by atoms with Gasteiger partial charge in [0.1, 0.15) is 0 Å². The van der Waals surface area contributed by atoms with Crippen LogP contribution < -0.4 is 10.2 Å². The molecule has 0 radical (unpaired) electrons. The van der Waals surface area contributed by atoms with Gasteiger partial charge < -0.3 is 10.2 Å². The molecular weight excluding hydrogens is 224 g/mol. The Morgan fingerprint density at radius 2 is 2.28 bits per heavy atom. The normalized spacial score (nSPS) is 26.4. The van der Waals surface area contributed by atoms with Gasteiger partial charge >= 0.3 is 0 Å². The minimum Gasteiger partial charge on any atom is -0.316 e. The lowest BCUT2D eigenvalue weighted by atomic mass is 10.0. The zero-order chi connectivity index (χ0) is 12.5. The minimum absolute atomic E-state index is 0.293. The molecule has 2 heterocycles. The minimum atomic E-state index is 0.293. The van der Waals surface area contributed by atoms with E-state index in [0.29, 0.717) is 24.3 Å². The first-order chi connectivity index (χ1) is 8.75. The third-order valence-electron chi connectivity index (χ3n) is 4.10. The van der Waals surface area contributed by atoms with Crippen LogP contribution in [0.15, 0.2) is 24.3 Å². The van der Waals surface area contributed by atoms with E-state index in [4.69, 9.17) is 0 Å². The van der Waals surface area contributed by atoms with Gasteiger partial charge in [0.05, 0.1) is 0 Å². The Hall–Kier alpha value is -1.35. The first kappa shape index (κ1) is 11.7. The van der Waals surface area contributed by atoms with Crippen LogP contribution in [0, 0.1) is 5.92 Å². The van der Waals surface area contributed by atoms with E-state index in [-0.39, 0.29) is 0 Å². The van der Waals surface area contributed by atoms with Crippen molar-refractivity contribution in [2.75, 3.05) is 18.0 Å². The Labute approximate surface area is 108 Å². The average molecular weight is 244 g/mol. The lowest BCUT2D eigenvalue weighted by Gasteiger charge is -2.24. The summed E-state index contributed by atoms with van der Waals surface area (Å²) in [5.41, 5.74) is 2.43. The number of para-hydroxylation sites is 1. The summed E-state index contributed by atoms with van der Waals surface area (Å²) in [6, 6.07) is 8.60. The summed E-state index contributed by atoms with van der Waals surface area (Å²) in [6.07, 6.45) is 2.81. The fourth-order valence-electron chi connectivity index (χ4n) is 3.18. The molecule has 18 heavy (non-hydrogen) atoms. The summed E-state index contributed by atoms with van der Waals surface area (Å²) in [7, 11) is 0. The molecule has 2 aliphatic heterocycles. The van der Waals surface area contributed by atoms with Crippen LogP contribution in [0.25, 0.3) is 0 Å². The van der Waals surface area contributed by atoms with Gasteiger partial charge in [0.25, 0.3) is 0 Å². The second-order valence-corrected chi connectivity index (χ2v) is 5.51. The van der Waals surface area contributed by atoms with Crippen LogP contribution in [0.4, 0.5) is 5.69 Å². The smallest absolute Gasteiger partial charge is 0.227 e. The molecule has 0 aromatic heterocycles. The number of rotatable bonds is 2. The van der Waals surface area contributed by atoms with Crippen molar-refractivity contribution in [3.63, 3.8) is 0 Å². The highest BCUT2D eigenvalue weighted by Crippen LogP contribution is 2.33. The predicted octanol–water partition coefficient (Wildman–Crippen LogP) is 1.96. The number of nitrogens with one attached hydrogen (secondary N) is 1. The number of amides is 1. The summed E-state index contributed by atoms with van der Waals surface area (Å²) in [5.74, 6) is 0.818. The van der Waals surface area contributed by atoms with Crippen molar-refractivity contribution in [1.82, 2.24) is 5.32 Å². The lowest BCUT2D eigenvalue weighted by Crippen LogP contribution is -2.37. The summed E-state index contributed by atoms with van der Waals surface area (Å²) in [6.45, 7) is 4.20. The van der Waals surface area contributed by atoms with Crippen molar-refractivity contribution in [2.24, 2.45) is 5.92 Å². The van der Waals surface area contributed by atoms with Gasteiger partial charge in [0.2, 0.25) is 5.91 Å². The number of carbonyl (C=O) groups excluding carboxylic acids is 1. The maximum Gasteiger partial charge on any atom is 0.227 e. The van der Waals surface area contributed by atoms with Gasteiger partial charge in [-0.05, 0) is 50.4 Å². The summed E-state index contributed by atoms with van der Waals surface area (Å²) >= 11 is 0. The molecule has 1 aromatic carbocycles. The summed E-state index contributed by atoms with van der Waals surface area (Å²) < 4.78 is 0. The maximum absolute atomic E-state index is 12.5. The SMILES string of the molecule is C[C@@H]1Cc2ccccc2N1C(=O)C[C@H]1CCNC1. The van der Waals surface area contributed by atoms with E-state index in [2.05, 4.69) is 30.4 Å². The molecule has 3 nitrogen and oxygen atoms in total. The third-order valence-corrected chi connectivity index (χ3v) is 4.10. The molecule has 0 aliphatic carbocycles. The van der Waals surface area contributed by atoms with E-state index in [1.807, 2.05) is 11.0 Å². The van der Waals surface area contributed by atoms with Gasteiger partial charge in [-0.25, -0.2) is 0 Å². The van der Waals surface area contributed by atoms with E-state index in [1.54, 1.807) is 0 Å². The second kappa shape index (κ2) is 4.73. The van der Waals surface area contributed by atoms with Gasteiger partial charge in [-0.2, -0.15) is 0 Å². The van der Waals surface area contributed by atoms with Crippen LogP contribution >= 0.6 is 0 Å². The fourth-order valence-corrected chi connectivity index (χ4v) is 3.18. The van der Waals surface area contributed by atoms with E-state index in [9.17, 15) is 4.79 Å². The van der Waals surface area contributed by atoms with E-state index >= 15 is 0 Å². The van der Waals surface area contributed by atoms with Gasteiger partial charge in [0.15, 0.2) is 0 Å². The summed E-state index contributed by atoms with van der Waals surface area (Å²) in [4.78, 5) is 14.5. The van der Waals surface area contributed by atoms with E-state index < -0.39 is 0 Å². The van der Waals surface area contributed by atoms with Crippen molar-refractivity contribution in [3.8, 4) is 0 Å². The molecule has 96 valence electrons. The zero-order valence-corrected chi connectivity index (χ0v) is 10.9. The van der Waals surface area contributed by atoms with Crippen LogP contribution in [-0.2, 0) is 11.2 Å². The third kappa shape index (κ3) is 2.03. The van der Waals surface area contributed by atoms with Crippen LogP contribution in [0.3, 0.4) is 0 Å². The number of benzene rings is 1. The Balaban J connectivity index is 1.77. The van der Waals surface area contributed by atoms with Gasteiger partial charge in [-0.15, -0.1) is 0 Å². The van der Waals surface area contributed by atoms with Crippen LogP contribution in [0.5, 0.6) is 0 Å². The molecule has 3 heteroatoms. The molecule has 1 N–H and O–H groups in total. The quantitative estimate of drug-likeness (QED) is 0.862. The molecule has 1 amide bonds. The fraction of sp³-hybridized carbons (Fsp3) is 0.533. The van der Waals surface area contributed by atoms with E-state index in [0.717, 1.165) is 31.6 Å². The summed E-state index contributed by atoms with van der Waals surface area (Å²) in [5, 5.41) is 3.33. The topological polar surface area (TPSA) is 32.3 Å². The number of hydrogen-bond donors (Lipinski definition) is 1. The number of anilines is 1. The highest BCUT2D eigenvalue weighted by atomic mass is 16.2. The van der Waals surface area contributed by atoms with Crippen LogP contribution in [-0.4, -0.2) is 25.0 Å². The number of hydrogen-bond acceptors (Lipinski definition) is 2. The highest BCUT2D eigenvalue weighted by molar-refractivity contribution is 5.96. The highest BCUT2D eigenvalue weighted by Gasteiger charge is 2.31. The molecule has 0 spiro atoms. The Morgan fingerprint density at radius 3 is 3.06 bits per heavy atom. The molecule has 1 fully saturated rings. The first-order valence-corrected chi connectivity index (χ1v) is 6.86. The second-order valence-electron chi connectivity index (χ2n) is 5.51. The van der Waals surface area contributed by atoms with Crippen molar-refractivity contribution in [2.45, 2.75) is 32.2 Å². The van der Waals surface area contributed by atoms with Crippen molar-refractivity contribution < 1.29 is 4.79 Å². The molecular formula is C15H20N2O. The molecule has 2 atom stereocenters. The average Bonchev–Trinajstić information content (AvgIpc) is 2.94. The van der Waals surface area contributed by atoms with Crippen molar-refractivity contribution in [1.29, 1.82) is 0 Å². The molecule has 2 aliphatic rings. The largest absolute Gasteiger partial charge is 0.316 e. The van der Waals surface area contributed by atoms with Crippen LogP contribution in [0.2, 0.25) is 0 Å². The molecule has 0 bridgehead atoms. The van der Waals surface area contributed by atoms with Gasteiger partial charge in [-0.1, -0.05) is 18.2 Å². The Morgan fingerprint density at radius 1 is 1.44 bits per heavy atom. The molecule has 1 aromatic rings. The standard InChI is InChI=1S/C15H20N2O/c1-11-8-13-4-2-3-5-14(13)17(11)15(18)9-12-6-7-16-10-12/h2-5,11-12,16H,6-10H2,1H3/t11-,12-/m1/s1. The molecule has 1 saturated heterocycles. The van der Waals surface area contributed by atoms with Gasteiger partial charge in [0, 0.05) is 18.2 Å². The van der Waals surface area contributed by atoms with Crippen molar-refractivity contribution >= 4 is 11.6 Å². The number of nitrogens with zero attached hydrogens (tertiary/aromatic N) is 1. The Bertz CT molecular complexity index is 452. The maximum atomic E-state index is 12.5. The van der Waals surface area contributed by atoms with E-state index in [1.165, 1.54) is 5.56 Å². The molecule has 3 rings (SSSR count). The van der Waals surface area contributed by atoms with Crippen molar-refractivity contribution in [3.05, 3.63) is 29.8 Å². The molecule has 0 saturated carbocycles. The predicted molar refractivity (Wildman–Crippen MR) is 72.7 cm³/mol. The Kier molecular flexibility index (Phi) is 3.08.